The van der Waals surface area contributed by atoms with Gasteiger partial charge in [0, 0.05) is 23.8 Å². The second-order valence-corrected chi connectivity index (χ2v) is 5.44. The van der Waals surface area contributed by atoms with Crippen molar-refractivity contribution in [2.24, 2.45) is 5.73 Å². The highest BCUT2D eigenvalue weighted by atomic mass is 16.2. The lowest BCUT2D eigenvalue weighted by atomic mass is 10.1. The minimum absolute atomic E-state index is 0.0313. The van der Waals surface area contributed by atoms with Gasteiger partial charge in [0.1, 0.15) is 5.65 Å². The standard InChI is InChI=1S/C15H18N4O2/c16-13(20)9-19(10-4-1-2-5-10)15(21)12-8-18-14-11(12)6-3-7-17-14/h3,6-8,10H,1-2,4-5,9H2,(H2,16,20)(H,17,18). The fraction of sp³-hybridized carbons (Fsp3) is 0.400. The molecule has 0 unspecified atom stereocenters. The molecule has 21 heavy (non-hydrogen) atoms. The number of nitrogens with two attached hydrogens (primary N) is 1. The number of carbonyl (C=O) groups is 2. The van der Waals surface area contributed by atoms with E-state index in [1.165, 1.54) is 0 Å². The van der Waals surface area contributed by atoms with Gasteiger partial charge in [-0.2, -0.15) is 0 Å². The molecule has 2 aromatic rings. The molecule has 0 spiro atoms. The Morgan fingerprint density at radius 1 is 1.38 bits per heavy atom. The summed E-state index contributed by atoms with van der Waals surface area (Å²) in [6.07, 6.45) is 7.36. The van der Waals surface area contributed by atoms with Crippen LogP contribution in [0.15, 0.2) is 24.5 Å². The van der Waals surface area contributed by atoms with Gasteiger partial charge in [-0.3, -0.25) is 9.59 Å². The van der Waals surface area contributed by atoms with Gasteiger partial charge >= 0.3 is 0 Å². The van der Waals surface area contributed by atoms with Gasteiger partial charge in [0.05, 0.1) is 12.1 Å². The molecule has 110 valence electrons. The number of nitrogens with zero attached hydrogens (tertiary/aromatic N) is 2. The van der Waals surface area contributed by atoms with Crippen LogP contribution in [0.25, 0.3) is 11.0 Å². The van der Waals surface area contributed by atoms with Crippen molar-refractivity contribution < 1.29 is 9.59 Å². The van der Waals surface area contributed by atoms with E-state index < -0.39 is 5.91 Å². The predicted octanol–water partition coefficient (Wildman–Crippen LogP) is 1.43. The number of H-pyrrole nitrogens is 1. The zero-order valence-electron chi connectivity index (χ0n) is 11.7. The van der Waals surface area contributed by atoms with Crippen LogP contribution >= 0.6 is 0 Å². The molecule has 6 heteroatoms. The van der Waals surface area contributed by atoms with Crippen LogP contribution < -0.4 is 5.73 Å². The molecule has 1 saturated carbocycles. The van der Waals surface area contributed by atoms with Gasteiger partial charge in [0.2, 0.25) is 5.91 Å². The number of hydrogen-bond donors (Lipinski definition) is 2. The summed E-state index contributed by atoms with van der Waals surface area (Å²) in [5.74, 6) is -0.631. The van der Waals surface area contributed by atoms with E-state index in [1.54, 1.807) is 23.4 Å². The van der Waals surface area contributed by atoms with Crippen LogP contribution in [0.2, 0.25) is 0 Å². The maximum absolute atomic E-state index is 12.8. The average molecular weight is 286 g/mol. The SMILES string of the molecule is NC(=O)CN(C(=O)c1c[nH]c2ncccc12)C1CCCC1. The number of aromatic nitrogens is 2. The Hall–Kier alpha value is -2.37. The molecule has 2 amide bonds. The van der Waals surface area contributed by atoms with E-state index in [2.05, 4.69) is 9.97 Å². The van der Waals surface area contributed by atoms with Crippen LogP contribution in [-0.4, -0.2) is 39.3 Å². The van der Waals surface area contributed by atoms with Gasteiger partial charge in [-0.05, 0) is 25.0 Å². The first kappa shape index (κ1) is 13.6. The first-order valence-electron chi connectivity index (χ1n) is 7.18. The van der Waals surface area contributed by atoms with Crippen molar-refractivity contribution in [1.29, 1.82) is 0 Å². The molecule has 0 radical (unpaired) electrons. The summed E-state index contributed by atoms with van der Waals surface area (Å²) >= 11 is 0. The summed E-state index contributed by atoms with van der Waals surface area (Å²) < 4.78 is 0. The molecular formula is C15H18N4O2. The van der Waals surface area contributed by atoms with E-state index in [4.69, 9.17) is 5.73 Å². The summed E-state index contributed by atoms with van der Waals surface area (Å²) in [5, 5.41) is 0.773. The Morgan fingerprint density at radius 3 is 2.86 bits per heavy atom. The van der Waals surface area contributed by atoms with Crippen molar-refractivity contribution in [3.8, 4) is 0 Å². The average Bonchev–Trinajstić information content (AvgIpc) is 3.13. The summed E-state index contributed by atoms with van der Waals surface area (Å²) in [6.45, 7) is -0.0313. The van der Waals surface area contributed by atoms with Gasteiger partial charge in [-0.25, -0.2) is 4.98 Å². The molecule has 2 heterocycles. The summed E-state index contributed by atoms with van der Waals surface area (Å²) in [6, 6.07) is 3.75. The Morgan fingerprint density at radius 2 is 2.14 bits per heavy atom. The third-order valence-corrected chi connectivity index (χ3v) is 4.03. The van der Waals surface area contributed by atoms with Crippen LogP contribution in [0.3, 0.4) is 0 Å². The fourth-order valence-corrected chi connectivity index (χ4v) is 3.04. The summed E-state index contributed by atoms with van der Waals surface area (Å²) in [7, 11) is 0. The number of carbonyl (C=O) groups excluding carboxylic acids is 2. The smallest absolute Gasteiger partial charge is 0.256 e. The van der Waals surface area contributed by atoms with E-state index in [1.807, 2.05) is 6.07 Å². The lowest BCUT2D eigenvalue weighted by molar-refractivity contribution is -0.119. The molecule has 0 aromatic carbocycles. The van der Waals surface area contributed by atoms with Gasteiger partial charge in [-0.15, -0.1) is 0 Å². The maximum Gasteiger partial charge on any atom is 0.256 e. The highest BCUT2D eigenvalue weighted by Gasteiger charge is 2.29. The van der Waals surface area contributed by atoms with Crippen molar-refractivity contribution in [3.05, 3.63) is 30.1 Å². The number of primary amides is 1. The molecule has 1 fully saturated rings. The van der Waals surface area contributed by atoms with E-state index in [0.717, 1.165) is 31.1 Å². The molecule has 6 nitrogen and oxygen atoms in total. The molecular weight excluding hydrogens is 268 g/mol. The third kappa shape index (κ3) is 2.61. The zero-order chi connectivity index (χ0) is 14.8. The van der Waals surface area contributed by atoms with Crippen LogP contribution in [0, 0.1) is 0 Å². The van der Waals surface area contributed by atoms with Gasteiger partial charge in [0.25, 0.3) is 5.91 Å². The largest absolute Gasteiger partial charge is 0.368 e. The Balaban J connectivity index is 1.94. The van der Waals surface area contributed by atoms with Crippen molar-refractivity contribution in [3.63, 3.8) is 0 Å². The second kappa shape index (κ2) is 5.55. The van der Waals surface area contributed by atoms with Gasteiger partial charge in [-0.1, -0.05) is 12.8 Å². The molecule has 3 N–H and O–H groups in total. The number of hydrogen-bond acceptors (Lipinski definition) is 3. The molecule has 1 aliphatic rings. The van der Waals surface area contributed by atoms with Crippen molar-refractivity contribution in [1.82, 2.24) is 14.9 Å². The van der Waals surface area contributed by atoms with Crippen molar-refractivity contribution >= 4 is 22.8 Å². The van der Waals surface area contributed by atoms with E-state index >= 15 is 0 Å². The molecule has 1 aliphatic carbocycles. The third-order valence-electron chi connectivity index (χ3n) is 4.03. The van der Waals surface area contributed by atoms with E-state index in [0.29, 0.717) is 11.2 Å². The fourth-order valence-electron chi connectivity index (χ4n) is 3.04. The molecule has 0 saturated heterocycles. The van der Waals surface area contributed by atoms with Crippen LogP contribution in [0.4, 0.5) is 0 Å². The minimum atomic E-state index is -0.479. The van der Waals surface area contributed by atoms with Crippen molar-refractivity contribution in [2.75, 3.05) is 6.54 Å². The molecule has 0 aliphatic heterocycles. The second-order valence-electron chi connectivity index (χ2n) is 5.44. The molecule has 2 aromatic heterocycles. The normalized spacial score (nSPS) is 15.4. The van der Waals surface area contributed by atoms with Gasteiger partial charge < -0.3 is 15.6 Å². The number of pyridine rings is 1. The maximum atomic E-state index is 12.8. The molecule has 3 rings (SSSR count). The Bertz CT molecular complexity index is 673. The summed E-state index contributed by atoms with van der Waals surface area (Å²) in [4.78, 5) is 32.9. The lowest BCUT2D eigenvalue weighted by Crippen LogP contribution is -2.44. The number of nitrogens with one attached hydrogen (secondary N) is 1. The van der Waals surface area contributed by atoms with E-state index in [9.17, 15) is 9.59 Å². The topological polar surface area (TPSA) is 92.1 Å². The quantitative estimate of drug-likeness (QED) is 0.890. The highest BCUT2D eigenvalue weighted by molar-refractivity contribution is 6.06. The zero-order valence-corrected chi connectivity index (χ0v) is 11.7. The van der Waals surface area contributed by atoms with Crippen LogP contribution in [0.1, 0.15) is 36.0 Å². The number of aromatic amines is 1. The Kier molecular flexibility index (Phi) is 3.60. The number of fused-ring (bicyclic) bond motifs is 1. The Labute approximate surface area is 122 Å². The molecule has 0 atom stereocenters. The first-order valence-corrected chi connectivity index (χ1v) is 7.18. The minimum Gasteiger partial charge on any atom is -0.368 e. The monoisotopic (exact) mass is 286 g/mol. The highest BCUT2D eigenvalue weighted by Crippen LogP contribution is 2.26. The first-order chi connectivity index (χ1) is 10.2. The lowest BCUT2D eigenvalue weighted by Gasteiger charge is -2.27. The van der Waals surface area contributed by atoms with Crippen LogP contribution in [0.5, 0.6) is 0 Å². The predicted molar refractivity (Wildman–Crippen MR) is 78.6 cm³/mol. The molecule has 0 bridgehead atoms. The number of rotatable bonds is 4. The van der Waals surface area contributed by atoms with Crippen molar-refractivity contribution in [2.45, 2.75) is 31.7 Å². The van der Waals surface area contributed by atoms with E-state index in [-0.39, 0.29) is 18.5 Å². The van der Waals surface area contributed by atoms with Crippen LogP contribution in [-0.2, 0) is 4.79 Å². The number of amides is 2. The van der Waals surface area contributed by atoms with Gasteiger partial charge in [0.15, 0.2) is 0 Å². The summed E-state index contributed by atoms with van der Waals surface area (Å²) in [5.41, 5.74) is 6.53.